The van der Waals surface area contributed by atoms with Gasteiger partial charge >= 0.3 is 0 Å². The topological polar surface area (TPSA) is 99.0 Å². The van der Waals surface area contributed by atoms with E-state index in [1.54, 1.807) is 36.4 Å². The lowest BCUT2D eigenvalue weighted by Crippen LogP contribution is -2.28. The minimum Gasteiger partial charge on any atom is -0.493 e. The lowest BCUT2D eigenvalue weighted by molar-refractivity contribution is -0.121. The Hall–Kier alpha value is -3.60. The first kappa shape index (κ1) is 20.1. The molecule has 0 spiro atoms. The fraction of sp³-hybridized carbons (Fsp3) is 0.333. The van der Waals surface area contributed by atoms with Crippen LogP contribution in [0.5, 0.6) is 28.7 Å². The van der Waals surface area contributed by atoms with Gasteiger partial charge in [-0.2, -0.15) is 5.26 Å². The Balaban J connectivity index is 1.30. The number of hydrogen-bond acceptors (Lipinski definition) is 7. The molecular formula is C21H22N2O6. The Bertz CT molecular complexity index is 893. The van der Waals surface area contributed by atoms with Gasteiger partial charge in [-0.05, 0) is 30.7 Å². The number of nitrogens with one attached hydrogen (secondary N) is 1. The SMILES string of the molecule is COc1cc(C#N)ccc1OCCCC(=O)NCCOc1ccc2c(c1)OCO2. The van der Waals surface area contributed by atoms with Crippen LogP contribution in [0.15, 0.2) is 36.4 Å². The van der Waals surface area contributed by atoms with Crippen molar-refractivity contribution in [3.05, 3.63) is 42.0 Å². The molecule has 1 N–H and O–H groups in total. The van der Waals surface area contributed by atoms with E-state index in [1.165, 1.54) is 7.11 Å². The van der Waals surface area contributed by atoms with E-state index in [0.29, 0.717) is 66.9 Å². The summed E-state index contributed by atoms with van der Waals surface area (Å²) in [5.41, 5.74) is 0.497. The normalized spacial score (nSPS) is 11.4. The smallest absolute Gasteiger partial charge is 0.231 e. The molecule has 0 aliphatic carbocycles. The number of nitriles is 1. The molecule has 1 heterocycles. The van der Waals surface area contributed by atoms with Crippen LogP contribution < -0.4 is 29.0 Å². The third-order valence-corrected chi connectivity index (χ3v) is 4.14. The van der Waals surface area contributed by atoms with Gasteiger partial charge in [0, 0.05) is 18.6 Å². The number of ether oxygens (including phenoxy) is 5. The molecule has 1 aliphatic heterocycles. The van der Waals surface area contributed by atoms with Crippen LogP contribution in [0.3, 0.4) is 0 Å². The molecule has 0 bridgehead atoms. The van der Waals surface area contributed by atoms with E-state index < -0.39 is 0 Å². The average molecular weight is 398 g/mol. The van der Waals surface area contributed by atoms with Gasteiger partial charge < -0.3 is 29.0 Å². The minimum absolute atomic E-state index is 0.0744. The summed E-state index contributed by atoms with van der Waals surface area (Å²) in [7, 11) is 1.52. The lowest BCUT2D eigenvalue weighted by atomic mass is 10.2. The summed E-state index contributed by atoms with van der Waals surface area (Å²) in [6.07, 6.45) is 0.890. The zero-order chi connectivity index (χ0) is 20.5. The molecule has 8 nitrogen and oxygen atoms in total. The van der Waals surface area contributed by atoms with Crippen molar-refractivity contribution in [3.63, 3.8) is 0 Å². The van der Waals surface area contributed by atoms with E-state index >= 15 is 0 Å². The predicted octanol–water partition coefficient (Wildman–Crippen LogP) is 2.65. The fourth-order valence-corrected chi connectivity index (χ4v) is 2.69. The van der Waals surface area contributed by atoms with Crippen LogP contribution in [0.25, 0.3) is 0 Å². The maximum absolute atomic E-state index is 11.9. The van der Waals surface area contributed by atoms with Crippen molar-refractivity contribution in [3.8, 4) is 34.8 Å². The Morgan fingerprint density at radius 2 is 1.97 bits per heavy atom. The van der Waals surface area contributed by atoms with Gasteiger partial charge in [0.25, 0.3) is 0 Å². The number of hydrogen-bond donors (Lipinski definition) is 1. The maximum Gasteiger partial charge on any atom is 0.231 e. The van der Waals surface area contributed by atoms with Crippen molar-refractivity contribution < 1.29 is 28.5 Å². The summed E-state index contributed by atoms with van der Waals surface area (Å²) in [5.74, 6) is 2.98. The van der Waals surface area contributed by atoms with Crippen molar-refractivity contribution in [2.45, 2.75) is 12.8 Å². The second-order valence-corrected chi connectivity index (χ2v) is 6.14. The van der Waals surface area contributed by atoms with Gasteiger partial charge in [0.05, 0.1) is 31.9 Å². The summed E-state index contributed by atoms with van der Waals surface area (Å²) in [5, 5.41) is 11.7. The van der Waals surface area contributed by atoms with Crippen LogP contribution in [0.4, 0.5) is 0 Å². The van der Waals surface area contributed by atoms with Crippen molar-refractivity contribution in [1.82, 2.24) is 5.32 Å². The van der Waals surface area contributed by atoms with Gasteiger partial charge in [-0.1, -0.05) is 0 Å². The summed E-state index contributed by atoms with van der Waals surface area (Å²) in [6, 6.07) is 12.4. The average Bonchev–Trinajstić information content (AvgIpc) is 3.22. The summed E-state index contributed by atoms with van der Waals surface area (Å²) >= 11 is 0. The number of carbonyl (C=O) groups excluding carboxylic acids is 1. The fourth-order valence-electron chi connectivity index (χ4n) is 2.69. The molecule has 1 aliphatic rings. The van der Waals surface area contributed by atoms with E-state index in [9.17, 15) is 4.79 Å². The molecule has 0 fully saturated rings. The first-order chi connectivity index (χ1) is 14.2. The molecule has 2 aromatic carbocycles. The van der Waals surface area contributed by atoms with Crippen LogP contribution in [-0.4, -0.2) is 39.6 Å². The van der Waals surface area contributed by atoms with E-state index in [2.05, 4.69) is 5.32 Å². The number of rotatable bonds is 10. The zero-order valence-corrected chi connectivity index (χ0v) is 16.1. The molecule has 152 valence electrons. The van der Waals surface area contributed by atoms with E-state index in [0.717, 1.165) is 0 Å². The molecule has 3 rings (SSSR count). The quantitative estimate of drug-likeness (QED) is 0.614. The summed E-state index contributed by atoms with van der Waals surface area (Å²) < 4.78 is 27.0. The molecule has 8 heteroatoms. The van der Waals surface area contributed by atoms with Crippen LogP contribution in [0, 0.1) is 11.3 Å². The van der Waals surface area contributed by atoms with Crippen molar-refractivity contribution in [1.29, 1.82) is 5.26 Å². The molecule has 0 atom stereocenters. The highest BCUT2D eigenvalue weighted by atomic mass is 16.7. The molecule has 1 amide bonds. The highest BCUT2D eigenvalue weighted by Gasteiger charge is 2.13. The third-order valence-electron chi connectivity index (χ3n) is 4.14. The monoisotopic (exact) mass is 398 g/mol. The Morgan fingerprint density at radius 3 is 2.79 bits per heavy atom. The number of methoxy groups -OCH3 is 1. The maximum atomic E-state index is 11.9. The third kappa shape index (κ3) is 5.69. The molecule has 0 unspecified atom stereocenters. The predicted molar refractivity (Wildman–Crippen MR) is 104 cm³/mol. The molecule has 2 aromatic rings. The highest BCUT2D eigenvalue weighted by Crippen LogP contribution is 2.35. The van der Waals surface area contributed by atoms with Gasteiger partial charge in [-0.3, -0.25) is 4.79 Å². The minimum atomic E-state index is -0.0744. The number of nitrogens with zero attached hydrogens (tertiary/aromatic N) is 1. The largest absolute Gasteiger partial charge is 0.493 e. The summed E-state index contributed by atoms with van der Waals surface area (Å²) in [6.45, 7) is 1.34. The second kappa shape index (κ2) is 10.1. The van der Waals surface area contributed by atoms with E-state index in [-0.39, 0.29) is 12.7 Å². The Kier molecular flexibility index (Phi) is 7.00. The van der Waals surface area contributed by atoms with Gasteiger partial charge in [-0.15, -0.1) is 0 Å². The lowest BCUT2D eigenvalue weighted by Gasteiger charge is -2.11. The first-order valence-corrected chi connectivity index (χ1v) is 9.19. The van der Waals surface area contributed by atoms with Gasteiger partial charge in [0.2, 0.25) is 12.7 Å². The summed E-state index contributed by atoms with van der Waals surface area (Å²) in [4.78, 5) is 11.9. The molecule has 0 saturated heterocycles. The number of carbonyl (C=O) groups is 1. The van der Waals surface area contributed by atoms with Gasteiger partial charge in [0.15, 0.2) is 23.0 Å². The van der Waals surface area contributed by atoms with Crippen LogP contribution in [0.2, 0.25) is 0 Å². The molecular weight excluding hydrogens is 376 g/mol. The van der Waals surface area contributed by atoms with Crippen LogP contribution in [-0.2, 0) is 4.79 Å². The zero-order valence-electron chi connectivity index (χ0n) is 16.1. The second-order valence-electron chi connectivity index (χ2n) is 6.14. The van der Waals surface area contributed by atoms with Gasteiger partial charge in [-0.25, -0.2) is 0 Å². The number of fused-ring (bicyclic) bond motifs is 1. The number of benzene rings is 2. The van der Waals surface area contributed by atoms with Crippen molar-refractivity contribution >= 4 is 5.91 Å². The van der Waals surface area contributed by atoms with Crippen LogP contribution in [0.1, 0.15) is 18.4 Å². The first-order valence-electron chi connectivity index (χ1n) is 9.19. The standard InChI is InChI=1S/C21H22N2O6/c1-25-19-11-15(13-22)4-6-17(19)27-9-2-3-21(24)23-8-10-26-16-5-7-18-20(12-16)29-14-28-18/h4-7,11-12H,2-3,8-10,14H2,1H3,(H,23,24). The van der Waals surface area contributed by atoms with Crippen molar-refractivity contribution in [2.75, 3.05) is 33.7 Å². The molecule has 0 radical (unpaired) electrons. The molecule has 0 saturated carbocycles. The van der Waals surface area contributed by atoms with Gasteiger partial charge in [0.1, 0.15) is 12.4 Å². The van der Waals surface area contributed by atoms with Crippen molar-refractivity contribution in [2.24, 2.45) is 0 Å². The Morgan fingerprint density at radius 1 is 1.10 bits per heavy atom. The Labute approximate surface area is 168 Å². The number of amides is 1. The van der Waals surface area contributed by atoms with E-state index in [4.69, 9.17) is 28.9 Å². The van der Waals surface area contributed by atoms with E-state index in [1.807, 2.05) is 6.07 Å². The van der Waals surface area contributed by atoms with Crippen LogP contribution >= 0.6 is 0 Å². The molecule has 29 heavy (non-hydrogen) atoms. The highest BCUT2D eigenvalue weighted by molar-refractivity contribution is 5.75. The molecule has 0 aromatic heterocycles.